The minimum absolute atomic E-state index is 0.0632. The summed E-state index contributed by atoms with van der Waals surface area (Å²) in [5.41, 5.74) is 0.915. The first-order valence-electron chi connectivity index (χ1n) is 14.1. The standard InChI is InChI=1S/C31H40F4O2/c1-20-6-10-22(11-7-20)24-14-16-26(30(34)28(24)32)36-18-4-3-5-19-37-27-17-15-25(29(33)31(27)35)23-12-8-21(2)9-13-23/h14-17,20-23H,3-13,18-19H2,1-2H3. The SMILES string of the molecule is CC1CCC(c2ccc(OCCCCCOc3ccc(C4CCC(C)CC4)c(F)c3F)c(F)c2F)CC1. The van der Waals surface area contributed by atoms with Gasteiger partial charge in [-0.2, -0.15) is 8.78 Å². The molecule has 37 heavy (non-hydrogen) atoms. The van der Waals surface area contributed by atoms with Crippen molar-refractivity contribution in [1.29, 1.82) is 0 Å². The third kappa shape index (κ3) is 7.00. The van der Waals surface area contributed by atoms with Crippen LogP contribution in [-0.2, 0) is 0 Å². The fraction of sp³-hybridized carbons (Fsp3) is 0.613. The molecule has 6 heteroatoms. The second-order valence-corrected chi connectivity index (χ2v) is 11.2. The van der Waals surface area contributed by atoms with E-state index in [9.17, 15) is 17.6 Å². The second kappa shape index (κ2) is 13.0. The fourth-order valence-corrected chi connectivity index (χ4v) is 5.83. The maximum atomic E-state index is 14.7. The molecule has 0 aliphatic heterocycles. The summed E-state index contributed by atoms with van der Waals surface area (Å²) in [6.07, 6.45) is 9.65. The molecule has 0 spiro atoms. The largest absolute Gasteiger partial charge is 0.490 e. The number of ether oxygens (including phenoxy) is 2. The van der Waals surface area contributed by atoms with Crippen LogP contribution in [0.3, 0.4) is 0 Å². The Bertz CT molecular complexity index is 943. The van der Waals surface area contributed by atoms with E-state index in [0.29, 0.717) is 42.2 Å². The summed E-state index contributed by atoms with van der Waals surface area (Å²) in [5.74, 6) is -2.09. The van der Waals surface area contributed by atoms with E-state index in [1.807, 2.05) is 0 Å². The molecule has 2 aromatic carbocycles. The van der Waals surface area contributed by atoms with Crippen LogP contribution in [0, 0.1) is 35.1 Å². The Balaban J connectivity index is 1.18. The molecule has 2 nitrogen and oxygen atoms in total. The van der Waals surface area contributed by atoms with Crippen molar-refractivity contribution in [1.82, 2.24) is 0 Å². The van der Waals surface area contributed by atoms with E-state index in [-0.39, 0.29) is 36.5 Å². The zero-order chi connectivity index (χ0) is 26.4. The summed E-state index contributed by atoms with van der Waals surface area (Å²) in [5, 5.41) is 0. The molecule has 2 aliphatic rings. The zero-order valence-corrected chi connectivity index (χ0v) is 22.1. The van der Waals surface area contributed by atoms with Crippen molar-refractivity contribution in [2.45, 2.75) is 96.3 Å². The molecular formula is C31H40F4O2. The first-order valence-corrected chi connectivity index (χ1v) is 14.1. The molecule has 0 saturated heterocycles. The molecule has 2 aliphatic carbocycles. The van der Waals surface area contributed by atoms with Gasteiger partial charge in [0.15, 0.2) is 23.1 Å². The molecule has 204 valence electrons. The van der Waals surface area contributed by atoms with Crippen molar-refractivity contribution in [2.24, 2.45) is 11.8 Å². The molecule has 0 amide bonds. The van der Waals surface area contributed by atoms with Crippen LogP contribution in [0.15, 0.2) is 24.3 Å². The van der Waals surface area contributed by atoms with E-state index < -0.39 is 23.3 Å². The number of halogens is 4. The van der Waals surface area contributed by atoms with Crippen molar-refractivity contribution < 1.29 is 27.0 Å². The predicted octanol–water partition coefficient (Wildman–Crippen LogP) is 9.46. The Labute approximate surface area is 218 Å². The van der Waals surface area contributed by atoms with Crippen LogP contribution in [0.1, 0.15) is 107 Å². The van der Waals surface area contributed by atoms with Crippen LogP contribution in [-0.4, -0.2) is 13.2 Å². The van der Waals surface area contributed by atoms with Crippen LogP contribution in [0.4, 0.5) is 17.6 Å². The van der Waals surface area contributed by atoms with Crippen molar-refractivity contribution >= 4 is 0 Å². The number of benzene rings is 2. The lowest BCUT2D eigenvalue weighted by atomic mass is 9.79. The lowest BCUT2D eigenvalue weighted by Gasteiger charge is -2.27. The lowest BCUT2D eigenvalue weighted by molar-refractivity contribution is 0.261. The van der Waals surface area contributed by atoms with Crippen molar-refractivity contribution in [3.63, 3.8) is 0 Å². The summed E-state index contributed by atoms with van der Waals surface area (Å²) in [4.78, 5) is 0. The molecule has 2 fully saturated rings. The molecule has 0 heterocycles. The van der Waals surface area contributed by atoms with E-state index in [2.05, 4.69) is 13.8 Å². The van der Waals surface area contributed by atoms with Gasteiger partial charge in [0.25, 0.3) is 0 Å². The van der Waals surface area contributed by atoms with Gasteiger partial charge in [-0.05, 0) is 91.9 Å². The van der Waals surface area contributed by atoms with Gasteiger partial charge in [-0.3, -0.25) is 0 Å². The number of unbranched alkanes of at least 4 members (excludes halogenated alkanes) is 2. The molecule has 0 unspecified atom stereocenters. The van der Waals surface area contributed by atoms with Crippen molar-refractivity contribution in [3.8, 4) is 11.5 Å². The number of hydrogen-bond acceptors (Lipinski definition) is 2. The topological polar surface area (TPSA) is 18.5 Å². The monoisotopic (exact) mass is 520 g/mol. The minimum atomic E-state index is -0.914. The number of rotatable bonds is 10. The van der Waals surface area contributed by atoms with Gasteiger partial charge in [-0.25, -0.2) is 8.78 Å². The molecule has 0 bridgehead atoms. The molecule has 2 saturated carbocycles. The van der Waals surface area contributed by atoms with Gasteiger partial charge in [0, 0.05) is 0 Å². The third-order valence-corrected chi connectivity index (χ3v) is 8.37. The maximum Gasteiger partial charge on any atom is 0.200 e. The van der Waals surface area contributed by atoms with E-state index in [4.69, 9.17) is 9.47 Å². The number of hydrogen-bond donors (Lipinski definition) is 0. The second-order valence-electron chi connectivity index (χ2n) is 11.2. The van der Waals surface area contributed by atoms with E-state index in [1.54, 1.807) is 12.1 Å². The zero-order valence-electron chi connectivity index (χ0n) is 22.1. The first-order chi connectivity index (χ1) is 17.8. The average Bonchev–Trinajstić information content (AvgIpc) is 2.90. The highest BCUT2D eigenvalue weighted by atomic mass is 19.2. The molecule has 0 atom stereocenters. The van der Waals surface area contributed by atoms with Gasteiger partial charge in [-0.15, -0.1) is 0 Å². The van der Waals surface area contributed by atoms with Gasteiger partial charge in [0.1, 0.15) is 0 Å². The third-order valence-electron chi connectivity index (χ3n) is 8.37. The summed E-state index contributed by atoms with van der Waals surface area (Å²) < 4.78 is 69.4. The fourth-order valence-electron chi connectivity index (χ4n) is 5.83. The molecule has 0 aromatic heterocycles. The van der Waals surface area contributed by atoms with Gasteiger partial charge in [0.2, 0.25) is 11.6 Å². The highest BCUT2D eigenvalue weighted by Crippen LogP contribution is 2.39. The Kier molecular flexibility index (Phi) is 9.77. The Hall–Kier alpha value is -2.24. The maximum absolute atomic E-state index is 14.7. The van der Waals surface area contributed by atoms with Crippen LogP contribution in [0.5, 0.6) is 11.5 Å². The predicted molar refractivity (Wildman–Crippen MR) is 138 cm³/mol. The highest BCUT2D eigenvalue weighted by molar-refractivity contribution is 5.34. The van der Waals surface area contributed by atoms with E-state index in [0.717, 1.165) is 51.4 Å². The molecule has 0 radical (unpaired) electrons. The summed E-state index contributed by atoms with van der Waals surface area (Å²) in [6.45, 7) is 4.88. The van der Waals surface area contributed by atoms with E-state index in [1.165, 1.54) is 12.1 Å². The normalized spacial score (nSPS) is 24.2. The van der Waals surface area contributed by atoms with Crippen LogP contribution in [0.25, 0.3) is 0 Å². The minimum Gasteiger partial charge on any atom is -0.490 e. The molecule has 0 N–H and O–H groups in total. The van der Waals surface area contributed by atoms with Crippen molar-refractivity contribution in [3.05, 3.63) is 58.7 Å². The van der Waals surface area contributed by atoms with Gasteiger partial charge in [0.05, 0.1) is 13.2 Å². The summed E-state index contributed by atoms with van der Waals surface area (Å²) in [7, 11) is 0. The van der Waals surface area contributed by atoms with Gasteiger partial charge >= 0.3 is 0 Å². The Morgan fingerprint density at radius 1 is 0.541 bits per heavy atom. The van der Waals surface area contributed by atoms with Gasteiger partial charge < -0.3 is 9.47 Å². The first kappa shape index (κ1) is 27.8. The van der Waals surface area contributed by atoms with Crippen LogP contribution < -0.4 is 9.47 Å². The summed E-state index contributed by atoms with van der Waals surface area (Å²) >= 11 is 0. The van der Waals surface area contributed by atoms with Crippen molar-refractivity contribution in [2.75, 3.05) is 13.2 Å². The summed E-state index contributed by atoms with van der Waals surface area (Å²) in [6, 6.07) is 6.39. The van der Waals surface area contributed by atoms with Crippen LogP contribution >= 0.6 is 0 Å². The molecular weight excluding hydrogens is 480 g/mol. The molecule has 4 rings (SSSR count). The van der Waals surface area contributed by atoms with E-state index >= 15 is 0 Å². The quantitative estimate of drug-likeness (QED) is 0.229. The van der Waals surface area contributed by atoms with Gasteiger partial charge in [-0.1, -0.05) is 51.7 Å². The Morgan fingerprint density at radius 2 is 0.919 bits per heavy atom. The molecule has 2 aromatic rings. The lowest BCUT2D eigenvalue weighted by Crippen LogP contribution is -2.13. The van der Waals surface area contributed by atoms with Crippen LogP contribution in [0.2, 0.25) is 0 Å². The average molecular weight is 521 g/mol. The smallest absolute Gasteiger partial charge is 0.200 e. The Morgan fingerprint density at radius 3 is 1.30 bits per heavy atom. The highest BCUT2D eigenvalue weighted by Gasteiger charge is 2.26.